The zero-order valence-electron chi connectivity index (χ0n) is 11.7. The molecule has 0 unspecified atom stereocenters. The van der Waals surface area contributed by atoms with Gasteiger partial charge in [0.15, 0.2) is 0 Å². The molecule has 2 N–H and O–H groups in total. The van der Waals surface area contributed by atoms with Gasteiger partial charge in [-0.25, -0.2) is 0 Å². The number of primary amides is 1. The Labute approximate surface area is 119 Å². The van der Waals surface area contributed by atoms with Crippen molar-refractivity contribution in [2.24, 2.45) is 5.73 Å². The fourth-order valence-electron chi connectivity index (χ4n) is 1.67. The molecule has 106 valence electrons. The predicted molar refractivity (Wildman–Crippen MR) is 79.6 cm³/mol. The van der Waals surface area contributed by atoms with Crippen LogP contribution in [-0.4, -0.2) is 23.3 Å². The summed E-state index contributed by atoms with van der Waals surface area (Å²) in [5.74, 6) is -0.540. The molecular weight excluding hydrogens is 252 g/mol. The third-order valence-corrected chi connectivity index (χ3v) is 2.70. The zero-order chi connectivity index (χ0) is 14.8. The van der Waals surface area contributed by atoms with E-state index in [1.807, 2.05) is 43.3 Å². The van der Waals surface area contributed by atoms with Gasteiger partial charge in [0.1, 0.15) is 0 Å². The Morgan fingerprint density at radius 3 is 2.50 bits per heavy atom. The van der Waals surface area contributed by atoms with Crippen molar-refractivity contribution in [1.29, 1.82) is 0 Å². The van der Waals surface area contributed by atoms with Gasteiger partial charge in [-0.2, -0.15) is 0 Å². The molecule has 4 heteroatoms. The van der Waals surface area contributed by atoms with Crippen LogP contribution in [0, 0.1) is 0 Å². The van der Waals surface area contributed by atoms with E-state index in [2.05, 4.69) is 0 Å². The van der Waals surface area contributed by atoms with Crippen LogP contribution in [-0.2, 0) is 16.1 Å². The Bertz CT molecular complexity index is 492. The Morgan fingerprint density at radius 2 is 1.90 bits per heavy atom. The number of allylic oxidation sites excluding steroid dienone is 3. The molecule has 1 rings (SSSR count). The van der Waals surface area contributed by atoms with Gasteiger partial charge in [0.05, 0.1) is 0 Å². The van der Waals surface area contributed by atoms with Crippen LogP contribution >= 0.6 is 0 Å². The van der Waals surface area contributed by atoms with Gasteiger partial charge in [0, 0.05) is 25.6 Å². The Hall–Kier alpha value is -2.36. The van der Waals surface area contributed by atoms with Crippen LogP contribution in [0.2, 0.25) is 0 Å². The minimum atomic E-state index is -0.409. The van der Waals surface area contributed by atoms with Crippen molar-refractivity contribution in [3.05, 3.63) is 60.2 Å². The molecule has 2 amide bonds. The summed E-state index contributed by atoms with van der Waals surface area (Å²) in [4.78, 5) is 24.6. The van der Waals surface area contributed by atoms with E-state index in [9.17, 15) is 9.59 Å². The molecule has 0 aliphatic carbocycles. The average molecular weight is 272 g/mol. The van der Waals surface area contributed by atoms with E-state index in [1.165, 1.54) is 6.08 Å². The van der Waals surface area contributed by atoms with Crippen molar-refractivity contribution >= 4 is 11.8 Å². The number of hydrogen-bond acceptors (Lipinski definition) is 2. The maximum atomic E-state index is 12.1. The van der Waals surface area contributed by atoms with E-state index in [0.29, 0.717) is 13.1 Å². The molecular formula is C16H20N2O2. The van der Waals surface area contributed by atoms with Gasteiger partial charge in [-0.1, -0.05) is 48.6 Å². The largest absolute Gasteiger partial charge is 0.370 e. The molecule has 0 atom stereocenters. The highest BCUT2D eigenvalue weighted by atomic mass is 16.2. The van der Waals surface area contributed by atoms with Crippen LogP contribution in [0.15, 0.2) is 54.6 Å². The number of nitrogens with zero attached hydrogens (tertiary/aromatic N) is 1. The fraction of sp³-hybridized carbons (Fsp3) is 0.250. The van der Waals surface area contributed by atoms with Crippen LogP contribution < -0.4 is 5.73 Å². The van der Waals surface area contributed by atoms with Crippen molar-refractivity contribution in [2.75, 3.05) is 6.54 Å². The van der Waals surface area contributed by atoms with E-state index in [0.717, 1.165) is 5.56 Å². The van der Waals surface area contributed by atoms with E-state index in [1.54, 1.807) is 17.1 Å². The third kappa shape index (κ3) is 6.00. The highest BCUT2D eigenvalue weighted by Gasteiger charge is 2.12. The monoisotopic (exact) mass is 272 g/mol. The lowest BCUT2D eigenvalue weighted by Crippen LogP contribution is -2.32. The first-order chi connectivity index (χ1) is 9.63. The molecule has 1 aromatic carbocycles. The average Bonchev–Trinajstić information content (AvgIpc) is 2.44. The van der Waals surface area contributed by atoms with E-state index in [-0.39, 0.29) is 12.3 Å². The van der Waals surface area contributed by atoms with Gasteiger partial charge < -0.3 is 10.6 Å². The highest BCUT2D eigenvalue weighted by Crippen LogP contribution is 2.06. The summed E-state index contributed by atoms with van der Waals surface area (Å²) in [5, 5.41) is 0. The molecule has 0 fully saturated rings. The molecule has 0 spiro atoms. The van der Waals surface area contributed by atoms with Gasteiger partial charge >= 0.3 is 0 Å². The molecule has 0 saturated heterocycles. The van der Waals surface area contributed by atoms with Crippen molar-refractivity contribution in [2.45, 2.75) is 19.9 Å². The first kappa shape index (κ1) is 15.7. The van der Waals surface area contributed by atoms with Crippen molar-refractivity contribution in [1.82, 2.24) is 4.90 Å². The van der Waals surface area contributed by atoms with E-state index >= 15 is 0 Å². The summed E-state index contributed by atoms with van der Waals surface area (Å²) >= 11 is 0. The number of carbonyl (C=O) groups excluding carboxylic acids is 2. The summed E-state index contributed by atoms with van der Waals surface area (Å²) in [7, 11) is 0. The molecule has 0 aromatic heterocycles. The van der Waals surface area contributed by atoms with Gasteiger partial charge in [0.25, 0.3) is 0 Å². The number of benzene rings is 1. The third-order valence-electron chi connectivity index (χ3n) is 2.70. The highest BCUT2D eigenvalue weighted by molar-refractivity contribution is 5.88. The SMILES string of the molecule is C/C=C/C=C/C(=O)N(CCC(N)=O)Cc1ccccc1. The molecule has 0 aliphatic heterocycles. The molecule has 0 saturated carbocycles. The zero-order valence-corrected chi connectivity index (χ0v) is 11.7. The van der Waals surface area contributed by atoms with Crippen LogP contribution in [0.25, 0.3) is 0 Å². The topological polar surface area (TPSA) is 63.4 Å². The number of amides is 2. The normalized spacial score (nSPS) is 11.1. The molecule has 4 nitrogen and oxygen atoms in total. The molecule has 0 aliphatic rings. The lowest BCUT2D eigenvalue weighted by molar-refractivity contribution is -0.127. The Kier molecular flexibility index (Phi) is 6.82. The van der Waals surface area contributed by atoms with Crippen molar-refractivity contribution < 1.29 is 9.59 Å². The van der Waals surface area contributed by atoms with Gasteiger partial charge in [-0.05, 0) is 12.5 Å². The maximum Gasteiger partial charge on any atom is 0.246 e. The van der Waals surface area contributed by atoms with Crippen LogP contribution in [0.4, 0.5) is 0 Å². The maximum absolute atomic E-state index is 12.1. The fourth-order valence-corrected chi connectivity index (χ4v) is 1.67. The van der Waals surface area contributed by atoms with Gasteiger partial charge in [0.2, 0.25) is 11.8 Å². The second kappa shape index (κ2) is 8.69. The standard InChI is InChI=1S/C16H20N2O2/c1-2-3-5-10-16(20)18(12-11-15(17)19)13-14-8-6-4-7-9-14/h2-10H,11-13H2,1H3,(H2,17,19)/b3-2+,10-5+. The van der Waals surface area contributed by atoms with Crippen molar-refractivity contribution in [3.8, 4) is 0 Å². The first-order valence-corrected chi connectivity index (χ1v) is 6.54. The number of carbonyl (C=O) groups is 2. The quantitative estimate of drug-likeness (QED) is 0.609. The minimum Gasteiger partial charge on any atom is -0.370 e. The van der Waals surface area contributed by atoms with Gasteiger partial charge in [-0.15, -0.1) is 0 Å². The summed E-state index contributed by atoms with van der Waals surface area (Å²) in [5.41, 5.74) is 6.17. The number of rotatable bonds is 7. The minimum absolute atomic E-state index is 0.131. The Morgan fingerprint density at radius 1 is 1.20 bits per heavy atom. The molecule has 0 bridgehead atoms. The van der Waals surface area contributed by atoms with Crippen LogP contribution in [0.1, 0.15) is 18.9 Å². The summed E-state index contributed by atoms with van der Waals surface area (Å²) in [6, 6.07) is 9.65. The predicted octanol–water partition coefficient (Wildman–Crippen LogP) is 2.02. The number of hydrogen-bond donors (Lipinski definition) is 1. The van der Waals surface area contributed by atoms with E-state index in [4.69, 9.17) is 5.73 Å². The summed E-state index contributed by atoms with van der Waals surface area (Å²) in [6.07, 6.45) is 6.96. The Balaban J connectivity index is 2.73. The summed E-state index contributed by atoms with van der Waals surface area (Å²) in [6.45, 7) is 2.67. The van der Waals surface area contributed by atoms with E-state index < -0.39 is 5.91 Å². The van der Waals surface area contributed by atoms with Crippen LogP contribution in [0.3, 0.4) is 0 Å². The van der Waals surface area contributed by atoms with Gasteiger partial charge in [-0.3, -0.25) is 9.59 Å². The number of nitrogens with two attached hydrogens (primary N) is 1. The summed E-state index contributed by atoms with van der Waals surface area (Å²) < 4.78 is 0. The molecule has 1 aromatic rings. The molecule has 20 heavy (non-hydrogen) atoms. The first-order valence-electron chi connectivity index (χ1n) is 6.54. The second-order valence-electron chi connectivity index (χ2n) is 4.35. The molecule has 0 radical (unpaired) electrons. The lowest BCUT2D eigenvalue weighted by Gasteiger charge is -2.20. The van der Waals surface area contributed by atoms with Crippen molar-refractivity contribution in [3.63, 3.8) is 0 Å². The second-order valence-corrected chi connectivity index (χ2v) is 4.35. The lowest BCUT2D eigenvalue weighted by atomic mass is 10.2. The smallest absolute Gasteiger partial charge is 0.246 e. The van der Waals surface area contributed by atoms with Crippen LogP contribution in [0.5, 0.6) is 0 Å². The molecule has 0 heterocycles.